The number of nitrogens with one attached hydrogen (secondary N) is 2. The highest BCUT2D eigenvalue weighted by atomic mass is 32.1. The molecule has 6 heteroatoms. The molecule has 0 saturated carbocycles. The third-order valence-electron chi connectivity index (χ3n) is 3.31. The summed E-state index contributed by atoms with van der Waals surface area (Å²) in [5.74, 6) is -0.298. The van der Waals surface area contributed by atoms with Crippen LogP contribution in [0, 0.1) is 6.92 Å². The molecule has 2 amide bonds. The van der Waals surface area contributed by atoms with Gasteiger partial charge in [-0.2, -0.15) is 5.10 Å². The molecule has 0 aliphatic rings. The lowest BCUT2D eigenvalue weighted by Crippen LogP contribution is -2.17. The molecule has 0 aliphatic carbocycles. The fraction of sp³-hybridized carbons (Fsp3) is 0.278. The van der Waals surface area contributed by atoms with Crippen LogP contribution in [0.15, 0.2) is 41.5 Å². The minimum atomic E-state index is -0.289. The van der Waals surface area contributed by atoms with Crippen LogP contribution in [0.4, 0.5) is 5.69 Å². The number of carbonyl (C=O) groups excluding carboxylic acids is 2. The average molecular weight is 343 g/mol. The number of amides is 2. The fourth-order valence-electron chi connectivity index (χ4n) is 2.01. The summed E-state index contributed by atoms with van der Waals surface area (Å²) in [5, 5.41) is 6.76. The summed E-state index contributed by atoms with van der Waals surface area (Å²) >= 11 is 1.61. The lowest BCUT2D eigenvalue weighted by molar-refractivity contribution is -0.116. The molecular formula is C18H21N3O2S. The monoisotopic (exact) mass is 343 g/mol. The Morgan fingerprint density at radius 1 is 1.17 bits per heavy atom. The van der Waals surface area contributed by atoms with E-state index in [4.69, 9.17) is 0 Å². The van der Waals surface area contributed by atoms with Crippen molar-refractivity contribution in [2.75, 3.05) is 5.32 Å². The number of rotatable bonds is 7. The number of thiophene rings is 1. The molecule has 0 saturated heterocycles. The van der Waals surface area contributed by atoms with Crippen molar-refractivity contribution >= 4 is 35.1 Å². The Bertz CT molecular complexity index is 720. The first-order valence-corrected chi connectivity index (χ1v) is 8.70. The topological polar surface area (TPSA) is 70.6 Å². The van der Waals surface area contributed by atoms with Crippen molar-refractivity contribution in [2.45, 2.75) is 33.1 Å². The lowest BCUT2D eigenvalue weighted by Gasteiger charge is -2.05. The number of nitrogens with zero attached hydrogens (tertiary/aromatic N) is 1. The van der Waals surface area contributed by atoms with Crippen LogP contribution >= 0.6 is 11.3 Å². The van der Waals surface area contributed by atoms with Crippen LogP contribution in [0.25, 0.3) is 0 Å². The third kappa shape index (κ3) is 5.62. The lowest BCUT2D eigenvalue weighted by atomic mass is 10.2. The van der Waals surface area contributed by atoms with Crippen molar-refractivity contribution in [1.82, 2.24) is 5.43 Å². The van der Waals surface area contributed by atoms with Crippen LogP contribution in [-0.2, 0) is 4.79 Å². The van der Waals surface area contributed by atoms with Crippen molar-refractivity contribution in [3.05, 3.63) is 51.7 Å². The number of anilines is 1. The summed E-state index contributed by atoms with van der Waals surface area (Å²) in [4.78, 5) is 25.8. The van der Waals surface area contributed by atoms with Crippen molar-refractivity contribution < 1.29 is 9.59 Å². The van der Waals surface area contributed by atoms with E-state index in [9.17, 15) is 9.59 Å². The van der Waals surface area contributed by atoms with E-state index < -0.39 is 0 Å². The van der Waals surface area contributed by atoms with Gasteiger partial charge in [0.2, 0.25) is 5.91 Å². The van der Waals surface area contributed by atoms with Gasteiger partial charge in [-0.05, 0) is 49.7 Å². The molecule has 1 aromatic carbocycles. The van der Waals surface area contributed by atoms with Crippen LogP contribution in [0.2, 0.25) is 0 Å². The van der Waals surface area contributed by atoms with E-state index in [-0.39, 0.29) is 11.8 Å². The SMILES string of the molecule is CCCCC(=O)Nc1ccc(C(=O)N/N=C/c2ccc(C)s2)cc1. The zero-order valence-electron chi connectivity index (χ0n) is 13.8. The molecule has 24 heavy (non-hydrogen) atoms. The smallest absolute Gasteiger partial charge is 0.271 e. The van der Waals surface area contributed by atoms with Crippen molar-refractivity contribution in [3.8, 4) is 0 Å². The second-order valence-corrected chi connectivity index (χ2v) is 6.70. The Morgan fingerprint density at radius 3 is 2.54 bits per heavy atom. The minimum absolute atomic E-state index is 0.00936. The molecule has 2 N–H and O–H groups in total. The standard InChI is InChI=1S/C18H21N3O2S/c1-3-4-5-17(22)20-15-9-7-14(8-10-15)18(23)21-19-12-16-11-6-13(2)24-16/h6-12H,3-5H2,1-2H3,(H,20,22)(H,21,23)/b19-12+. The quantitative estimate of drug-likeness (QED) is 0.590. The maximum absolute atomic E-state index is 12.0. The van der Waals surface area contributed by atoms with Gasteiger partial charge >= 0.3 is 0 Å². The zero-order valence-corrected chi connectivity index (χ0v) is 14.7. The summed E-state index contributed by atoms with van der Waals surface area (Å²) in [7, 11) is 0. The van der Waals surface area contributed by atoms with Crippen LogP contribution in [0.1, 0.15) is 46.3 Å². The van der Waals surface area contributed by atoms with Gasteiger partial charge in [0.25, 0.3) is 5.91 Å². The number of unbranched alkanes of at least 4 members (excludes halogenated alkanes) is 1. The molecule has 5 nitrogen and oxygen atoms in total. The number of hydrazone groups is 1. The van der Waals surface area contributed by atoms with Gasteiger partial charge in [-0.25, -0.2) is 5.43 Å². The van der Waals surface area contributed by atoms with Gasteiger partial charge in [-0.3, -0.25) is 9.59 Å². The molecule has 0 unspecified atom stereocenters. The van der Waals surface area contributed by atoms with Gasteiger partial charge in [0.1, 0.15) is 0 Å². The largest absolute Gasteiger partial charge is 0.326 e. The van der Waals surface area contributed by atoms with Crippen LogP contribution in [0.3, 0.4) is 0 Å². The highest BCUT2D eigenvalue weighted by Crippen LogP contribution is 2.13. The summed E-state index contributed by atoms with van der Waals surface area (Å²) in [6.45, 7) is 4.06. The number of benzene rings is 1. The normalized spacial score (nSPS) is 10.8. The van der Waals surface area contributed by atoms with Gasteiger partial charge in [-0.1, -0.05) is 13.3 Å². The third-order valence-corrected chi connectivity index (χ3v) is 4.24. The highest BCUT2D eigenvalue weighted by Gasteiger charge is 2.06. The Hall–Kier alpha value is -2.47. The van der Waals surface area contributed by atoms with Crippen LogP contribution in [-0.4, -0.2) is 18.0 Å². The summed E-state index contributed by atoms with van der Waals surface area (Å²) in [5.41, 5.74) is 3.67. The number of hydrogen-bond acceptors (Lipinski definition) is 4. The maximum Gasteiger partial charge on any atom is 0.271 e. The number of hydrogen-bond donors (Lipinski definition) is 2. The van der Waals surface area contributed by atoms with Crippen molar-refractivity contribution in [2.24, 2.45) is 5.10 Å². The van der Waals surface area contributed by atoms with E-state index in [2.05, 4.69) is 15.8 Å². The maximum atomic E-state index is 12.0. The predicted octanol–water partition coefficient (Wildman–Crippen LogP) is 3.95. The minimum Gasteiger partial charge on any atom is -0.326 e. The van der Waals surface area contributed by atoms with E-state index in [1.54, 1.807) is 41.8 Å². The zero-order chi connectivity index (χ0) is 17.4. The molecule has 2 rings (SSSR count). The van der Waals surface area contributed by atoms with E-state index in [1.807, 2.05) is 26.0 Å². The molecular weight excluding hydrogens is 322 g/mol. The molecule has 0 atom stereocenters. The van der Waals surface area contributed by atoms with Gasteiger partial charge in [0.15, 0.2) is 0 Å². The molecule has 1 heterocycles. The molecule has 126 valence electrons. The first kappa shape index (κ1) is 17.9. The van der Waals surface area contributed by atoms with Crippen LogP contribution in [0.5, 0.6) is 0 Å². The molecule has 0 bridgehead atoms. The number of aryl methyl sites for hydroxylation is 1. The van der Waals surface area contributed by atoms with E-state index in [0.717, 1.165) is 17.7 Å². The van der Waals surface area contributed by atoms with E-state index >= 15 is 0 Å². The van der Waals surface area contributed by atoms with Gasteiger partial charge < -0.3 is 5.32 Å². The first-order chi connectivity index (χ1) is 11.6. The highest BCUT2D eigenvalue weighted by molar-refractivity contribution is 7.13. The second kappa shape index (κ2) is 8.98. The Balaban J connectivity index is 1.86. The van der Waals surface area contributed by atoms with Crippen molar-refractivity contribution in [3.63, 3.8) is 0 Å². The molecule has 0 aliphatic heterocycles. The predicted molar refractivity (Wildman–Crippen MR) is 98.7 cm³/mol. The van der Waals surface area contributed by atoms with E-state index in [1.165, 1.54) is 4.88 Å². The fourth-order valence-corrected chi connectivity index (χ4v) is 2.76. The molecule has 1 aromatic heterocycles. The van der Waals surface area contributed by atoms with Crippen molar-refractivity contribution in [1.29, 1.82) is 0 Å². The van der Waals surface area contributed by atoms with Gasteiger partial charge in [0, 0.05) is 27.4 Å². The Kier molecular flexibility index (Phi) is 6.69. The first-order valence-electron chi connectivity index (χ1n) is 7.88. The summed E-state index contributed by atoms with van der Waals surface area (Å²) in [6, 6.07) is 10.7. The molecule has 0 fully saturated rings. The van der Waals surface area contributed by atoms with Crippen LogP contribution < -0.4 is 10.7 Å². The number of carbonyl (C=O) groups is 2. The van der Waals surface area contributed by atoms with Gasteiger partial charge in [0.05, 0.1) is 6.21 Å². The molecule has 2 aromatic rings. The average Bonchev–Trinajstić information content (AvgIpc) is 2.99. The summed E-state index contributed by atoms with van der Waals surface area (Å²) < 4.78 is 0. The second-order valence-electron chi connectivity index (χ2n) is 5.38. The summed E-state index contributed by atoms with van der Waals surface area (Å²) in [6.07, 6.45) is 3.99. The van der Waals surface area contributed by atoms with E-state index in [0.29, 0.717) is 17.7 Å². The Labute approximate surface area is 145 Å². The Morgan fingerprint density at radius 2 is 1.92 bits per heavy atom. The molecule has 0 radical (unpaired) electrons. The van der Waals surface area contributed by atoms with Gasteiger partial charge in [-0.15, -0.1) is 11.3 Å². The molecule has 0 spiro atoms.